The van der Waals surface area contributed by atoms with Gasteiger partial charge in [0.15, 0.2) is 5.78 Å². The predicted molar refractivity (Wildman–Crippen MR) is 85.1 cm³/mol. The van der Waals surface area contributed by atoms with Crippen molar-refractivity contribution in [1.82, 2.24) is 0 Å². The first kappa shape index (κ1) is 15.3. The summed E-state index contributed by atoms with van der Waals surface area (Å²) < 4.78 is 0. The first-order chi connectivity index (χ1) is 9.76. The lowest BCUT2D eigenvalue weighted by atomic mass is 9.83. The summed E-state index contributed by atoms with van der Waals surface area (Å²) in [6, 6.07) is 8.23. The number of hydrogen-bond acceptors (Lipinski definition) is 1. The summed E-state index contributed by atoms with van der Waals surface area (Å²) in [5.74, 6) is 1.41. The molecule has 0 radical (unpaired) electrons. The number of carbonyl (C=O) groups is 1. The SMILES string of the molecule is CCCCC(CC)CC1CCCc2ccccc2C1=O. The van der Waals surface area contributed by atoms with Crippen molar-refractivity contribution in [2.75, 3.05) is 0 Å². The largest absolute Gasteiger partial charge is 0.294 e. The molecule has 20 heavy (non-hydrogen) atoms. The van der Waals surface area contributed by atoms with Gasteiger partial charge in [0.1, 0.15) is 0 Å². The third kappa shape index (κ3) is 3.71. The summed E-state index contributed by atoms with van der Waals surface area (Å²) in [6.45, 7) is 4.52. The molecule has 0 saturated carbocycles. The standard InChI is InChI=1S/C19H28O/c1-3-5-9-15(4-2)14-17-12-8-11-16-10-6-7-13-18(16)19(17)20/h6-7,10,13,15,17H,3-5,8-9,11-12,14H2,1-2H3. The topological polar surface area (TPSA) is 17.1 Å². The van der Waals surface area contributed by atoms with Crippen molar-refractivity contribution in [3.8, 4) is 0 Å². The minimum Gasteiger partial charge on any atom is -0.294 e. The molecule has 2 atom stereocenters. The van der Waals surface area contributed by atoms with E-state index in [4.69, 9.17) is 0 Å². The fraction of sp³-hybridized carbons (Fsp3) is 0.632. The lowest BCUT2D eigenvalue weighted by Crippen LogP contribution is -2.18. The van der Waals surface area contributed by atoms with E-state index in [0.717, 1.165) is 37.2 Å². The Morgan fingerprint density at radius 2 is 2.05 bits per heavy atom. The predicted octanol–water partition coefficient (Wildman–Crippen LogP) is 5.43. The van der Waals surface area contributed by atoms with E-state index >= 15 is 0 Å². The van der Waals surface area contributed by atoms with Crippen LogP contribution in [0.2, 0.25) is 0 Å². The molecule has 0 heterocycles. The molecule has 1 aromatic rings. The maximum Gasteiger partial charge on any atom is 0.166 e. The molecule has 0 N–H and O–H groups in total. The maximum absolute atomic E-state index is 12.8. The zero-order valence-electron chi connectivity index (χ0n) is 13.0. The highest BCUT2D eigenvalue weighted by molar-refractivity contribution is 5.99. The zero-order valence-corrected chi connectivity index (χ0v) is 13.0. The smallest absolute Gasteiger partial charge is 0.166 e. The molecule has 0 saturated heterocycles. The summed E-state index contributed by atoms with van der Waals surface area (Å²) in [5.41, 5.74) is 2.27. The molecule has 1 aliphatic carbocycles. The molecule has 0 aliphatic heterocycles. The molecular weight excluding hydrogens is 244 g/mol. The van der Waals surface area contributed by atoms with Crippen LogP contribution in [0.5, 0.6) is 0 Å². The molecule has 110 valence electrons. The Kier molecular flexibility index (Phi) is 5.82. The summed E-state index contributed by atoms with van der Waals surface area (Å²) in [4.78, 5) is 12.8. The Hall–Kier alpha value is -1.11. The summed E-state index contributed by atoms with van der Waals surface area (Å²) in [6.07, 6.45) is 9.49. The van der Waals surface area contributed by atoms with Gasteiger partial charge < -0.3 is 0 Å². The van der Waals surface area contributed by atoms with E-state index in [-0.39, 0.29) is 5.92 Å². The molecule has 1 aromatic carbocycles. The number of unbranched alkanes of at least 4 members (excludes halogenated alkanes) is 1. The summed E-state index contributed by atoms with van der Waals surface area (Å²) in [5, 5.41) is 0. The van der Waals surface area contributed by atoms with E-state index in [2.05, 4.69) is 26.0 Å². The quantitative estimate of drug-likeness (QED) is 0.631. The van der Waals surface area contributed by atoms with Crippen molar-refractivity contribution in [3.63, 3.8) is 0 Å². The average molecular weight is 272 g/mol. The molecule has 0 aromatic heterocycles. The Morgan fingerprint density at radius 1 is 1.25 bits per heavy atom. The second-order valence-corrected chi connectivity index (χ2v) is 6.26. The second kappa shape index (κ2) is 7.61. The average Bonchev–Trinajstić information content (AvgIpc) is 2.64. The number of carbonyl (C=O) groups excluding carboxylic acids is 1. The van der Waals surface area contributed by atoms with Crippen LogP contribution in [-0.4, -0.2) is 5.78 Å². The zero-order chi connectivity index (χ0) is 14.4. The van der Waals surface area contributed by atoms with Gasteiger partial charge in [0.05, 0.1) is 0 Å². The van der Waals surface area contributed by atoms with E-state index in [1.165, 1.54) is 31.2 Å². The first-order valence-corrected chi connectivity index (χ1v) is 8.38. The van der Waals surface area contributed by atoms with Crippen LogP contribution >= 0.6 is 0 Å². The fourth-order valence-corrected chi connectivity index (χ4v) is 3.48. The molecule has 0 fully saturated rings. The van der Waals surface area contributed by atoms with Crippen molar-refractivity contribution < 1.29 is 4.79 Å². The van der Waals surface area contributed by atoms with Crippen LogP contribution in [0.1, 0.15) is 74.7 Å². The van der Waals surface area contributed by atoms with E-state index in [1.54, 1.807) is 0 Å². The molecule has 1 aliphatic rings. The number of Topliss-reactive ketones (excluding diaryl/α,β-unsaturated/α-hetero) is 1. The van der Waals surface area contributed by atoms with Crippen LogP contribution < -0.4 is 0 Å². The number of fused-ring (bicyclic) bond motifs is 1. The normalized spacial score (nSPS) is 20.3. The van der Waals surface area contributed by atoms with Crippen molar-refractivity contribution in [3.05, 3.63) is 35.4 Å². The number of ketones is 1. The molecule has 0 amide bonds. The number of benzene rings is 1. The van der Waals surface area contributed by atoms with Crippen LogP contribution in [0.15, 0.2) is 24.3 Å². The highest BCUT2D eigenvalue weighted by atomic mass is 16.1. The molecule has 2 rings (SSSR count). The van der Waals surface area contributed by atoms with Crippen molar-refractivity contribution in [2.45, 2.75) is 65.2 Å². The molecule has 1 nitrogen and oxygen atoms in total. The fourth-order valence-electron chi connectivity index (χ4n) is 3.48. The van der Waals surface area contributed by atoms with Crippen LogP contribution in [0, 0.1) is 11.8 Å². The van der Waals surface area contributed by atoms with Crippen molar-refractivity contribution in [2.24, 2.45) is 11.8 Å². The van der Waals surface area contributed by atoms with Gasteiger partial charge in [-0.15, -0.1) is 0 Å². The van der Waals surface area contributed by atoms with E-state index in [9.17, 15) is 4.79 Å². The monoisotopic (exact) mass is 272 g/mol. The number of hydrogen-bond donors (Lipinski definition) is 0. The van der Waals surface area contributed by atoms with Gasteiger partial charge in [-0.1, -0.05) is 63.8 Å². The molecule has 0 bridgehead atoms. The van der Waals surface area contributed by atoms with E-state index in [1.807, 2.05) is 12.1 Å². The van der Waals surface area contributed by atoms with Gasteiger partial charge in [-0.05, 0) is 37.2 Å². The van der Waals surface area contributed by atoms with Crippen molar-refractivity contribution >= 4 is 5.78 Å². The Morgan fingerprint density at radius 3 is 2.80 bits per heavy atom. The third-order valence-corrected chi connectivity index (χ3v) is 4.81. The number of rotatable bonds is 6. The summed E-state index contributed by atoms with van der Waals surface area (Å²) >= 11 is 0. The number of aryl methyl sites for hydroxylation is 1. The minimum atomic E-state index is 0.264. The van der Waals surface area contributed by atoms with E-state index in [0.29, 0.717) is 5.78 Å². The van der Waals surface area contributed by atoms with Gasteiger partial charge >= 0.3 is 0 Å². The molecule has 1 heteroatoms. The lowest BCUT2D eigenvalue weighted by molar-refractivity contribution is 0.0892. The van der Waals surface area contributed by atoms with Gasteiger partial charge in [-0.25, -0.2) is 0 Å². The summed E-state index contributed by atoms with van der Waals surface area (Å²) in [7, 11) is 0. The van der Waals surface area contributed by atoms with Crippen LogP contribution in [0.3, 0.4) is 0 Å². The van der Waals surface area contributed by atoms with E-state index < -0.39 is 0 Å². The second-order valence-electron chi connectivity index (χ2n) is 6.26. The Bertz CT molecular complexity index is 435. The Labute approximate surface area is 123 Å². The highest BCUT2D eigenvalue weighted by Crippen LogP contribution is 2.31. The maximum atomic E-state index is 12.8. The highest BCUT2D eigenvalue weighted by Gasteiger charge is 2.26. The van der Waals surface area contributed by atoms with Gasteiger partial charge in [0.25, 0.3) is 0 Å². The van der Waals surface area contributed by atoms with Gasteiger partial charge in [-0.3, -0.25) is 4.79 Å². The van der Waals surface area contributed by atoms with Gasteiger partial charge in [0, 0.05) is 11.5 Å². The van der Waals surface area contributed by atoms with Crippen LogP contribution in [-0.2, 0) is 6.42 Å². The van der Waals surface area contributed by atoms with Crippen LogP contribution in [0.25, 0.3) is 0 Å². The van der Waals surface area contributed by atoms with Gasteiger partial charge in [-0.2, -0.15) is 0 Å². The van der Waals surface area contributed by atoms with Gasteiger partial charge in [0.2, 0.25) is 0 Å². The first-order valence-electron chi connectivity index (χ1n) is 8.38. The third-order valence-electron chi connectivity index (χ3n) is 4.81. The molecule has 0 spiro atoms. The van der Waals surface area contributed by atoms with Crippen molar-refractivity contribution in [1.29, 1.82) is 0 Å². The van der Waals surface area contributed by atoms with Crippen LogP contribution in [0.4, 0.5) is 0 Å². The minimum absolute atomic E-state index is 0.264. The Balaban J connectivity index is 2.07. The lowest BCUT2D eigenvalue weighted by Gasteiger charge is -2.21. The molecular formula is C19H28O. The molecule has 2 unspecified atom stereocenters.